The summed E-state index contributed by atoms with van der Waals surface area (Å²) >= 11 is 3.42. The van der Waals surface area contributed by atoms with Crippen molar-refractivity contribution >= 4 is 15.9 Å². The molecule has 2 rings (SSSR count). The molecule has 0 heterocycles. The minimum absolute atomic E-state index is 0.111. The van der Waals surface area contributed by atoms with Gasteiger partial charge in [-0.05, 0) is 30.4 Å². The molecule has 0 radical (unpaired) electrons. The third-order valence-electron chi connectivity index (χ3n) is 2.90. The molecule has 0 bridgehead atoms. The molecule has 3 heteroatoms. The molecular formula is C13H16BrFO. The highest BCUT2D eigenvalue weighted by molar-refractivity contribution is 9.09. The topological polar surface area (TPSA) is 9.23 Å². The average molecular weight is 287 g/mol. The standard InChI is InChI=1S/C13H16BrFO/c14-7-11(9-16-8-10-5-6-10)12-3-1-2-4-13(12)15/h1-4,10-11H,5-9H2. The molecule has 1 atom stereocenters. The van der Waals surface area contributed by atoms with Crippen LogP contribution in [0.3, 0.4) is 0 Å². The normalized spacial score (nSPS) is 17.4. The van der Waals surface area contributed by atoms with Crippen LogP contribution in [0.5, 0.6) is 0 Å². The van der Waals surface area contributed by atoms with Crippen LogP contribution >= 0.6 is 15.9 Å². The lowest BCUT2D eigenvalue weighted by Gasteiger charge is -2.15. The summed E-state index contributed by atoms with van der Waals surface area (Å²) in [6, 6.07) is 6.93. The van der Waals surface area contributed by atoms with Crippen molar-refractivity contribution in [1.82, 2.24) is 0 Å². The number of alkyl halides is 1. The predicted octanol–water partition coefficient (Wildman–Crippen LogP) is 3.73. The van der Waals surface area contributed by atoms with Crippen LogP contribution in [0.1, 0.15) is 24.3 Å². The Hall–Kier alpha value is -0.410. The van der Waals surface area contributed by atoms with Gasteiger partial charge >= 0.3 is 0 Å². The lowest BCUT2D eigenvalue weighted by Crippen LogP contribution is -2.12. The molecule has 1 fully saturated rings. The number of halogens is 2. The van der Waals surface area contributed by atoms with E-state index in [4.69, 9.17) is 4.74 Å². The highest BCUT2D eigenvalue weighted by Crippen LogP contribution is 2.29. The van der Waals surface area contributed by atoms with Crippen molar-refractivity contribution in [3.63, 3.8) is 0 Å². The zero-order valence-corrected chi connectivity index (χ0v) is 10.7. The van der Waals surface area contributed by atoms with Crippen molar-refractivity contribution in [2.45, 2.75) is 18.8 Å². The first-order valence-electron chi connectivity index (χ1n) is 5.69. The van der Waals surface area contributed by atoms with E-state index in [0.717, 1.165) is 23.4 Å². The number of ether oxygens (including phenoxy) is 1. The summed E-state index contributed by atoms with van der Waals surface area (Å²) in [6.45, 7) is 1.43. The maximum absolute atomic E-state index is 13.5. The molecule has 0 amide bonds. The molecule has 0 spiro atoms. The molecule has 88 valence electrons. The van der Waals surface area contributed by atoms with Crippen LogP contribution in [0.4, 0.5) is 4.39 Å². The largest absolute Gasteiger partial charge is 0.380 e. The summed E-state index contributed by atoms with van der Waals surface area (Å²) in [4.78, 5) is 0. The Morgan fingerprint density at radius 3 is 2.75 bits per heavy atom. The van der Waals surface area contributed by atoms with Crippen molar-refractivity contribution in [3.8, 4) is 0 Å². The second kappa shape index (κ2) is 5.78. The molecule has 1 aromatic rings. The van der Waals surface area contributed by atoms with Crippen LogP contribution < -0.4 is 0 Å². The second-order valence-electron chi connectivity index (χ2n) is 4.35. The summed E-state index contributed by atoms with van der Waals surface area (Å²) in [5.74, 6) is 0.735. The van der Waals surface area contributed by atoms with Gasteiger partial charge < -0.3 is 4.74 Å². The monoisotopic (exact) mass is 286 g/mol. The van der Waals surface area contributed by atoms with E-state index in [1.54, 1.807) is 6.07 Å². The number of benzene rings is 1. The first-order valence-corrected chi connectivity index (χ1v) is 6.81. The van der Waals surface area contributed by atoms with Crippen LogP contribution in [0.25, 0.3) is 0 Å². The second-order valence-corrected chi connectivity index (χ2v) is 5.00. The summed E-state index contributed by atoms with van der Waals surface area (Å²) in [7, 11) is 0. The van der Waals surface area contributed by atoms with Crippen molar-refractivity contribution in [3.05, 3.63) is 35.6 Å². The Bertz CT molecular complexity index is 338. The molecule has 1 aromatic carbocycles. The van der Waals surface area contributed by atoms with Crippen LogP contribution in [0.2, 0.25) is 0 Å². The quantitative estimate of drug-likeness (QED) is 0.724. The van der Waals surface area contributed by atoms with Crippen molar-refractivity contribution in [2.75, 3.05) is 18.5 Å². The van der Waals surface area contributed by atoms with E-state index in [1.165, 1.54) is 18.9 Å². The molecule has 16 heavy (non-hydrogen) atoms. The molecule has 1 nitrogen and oxygen atoms in total. The zero-order chi connectivity index (χ0) is 11.4. The highest BCUT2D eigenvalue weighted by Gasteiger charge is 2.22. The van der Waals surface area contributed by atoms with Gasteiger partial charge in [0.15, 0.2) is 0 Å². The number of hydrogen-bond donors (Lipinski definition) is 0. The zero-order valence-electron chi connectivity index (χ0n) is 9.16. The predicted molar refractivity (Wildman–Crippen MR) is 66.5 cm³/mol. The van der Waals surface area contributed by atoms with E-state index < -0.39 is 0 Å². The fourth-order valence-corrected chi connectivity index (χ4v) is 2.22. The van der Waals surface area contributed by atoms with E-state index in [-0.39, 0.29) is 11.7 Å². The number of hydrogen-bond acceptors (Lipinski definition) is 1. The van der Waals surface area contributed by atoms with Crippen LogP contribution in [-0.2, 0) is 4.74 Å². The number of rotatable bonds is 6. The SMILES string of the molecule is Fc1ccccc1C(CBr)COCC1CC1. The molecule has 0 aliphatic heterocycles. The molecule has 0 N–H and O–H groups in total. The highest BCUT2D eigenvalue weighted by atomic mass is 79.9. The van der Waals surface area contributed by atoms with Gasteiger partial charge in [-0.1, -0.05) is 34.1 Å². The van der Waals surface area contributed by atoms with E-state index in [0.29, 0.717) is 6.61 Å². The lowest BCUT2D eigenvalue weighted by molar-refractivity contribution is 0.114. The van der Waals surface area contributed by atoms with Crippen molar-refractivity contribution < 1.29 is 9.13 Å². The van der Waals surface area contributed by atoms with Crippen molar-refractivity contribution in [1.29, 1.82) is 0 Å². The van der Waals surface area contributed by atoms with Gasteiger partial charge in [0.1, 0.15) is 5.82 Å². The Balaban J connectivity index is 1.90. The Kier molecular flexibility index (Phi) is 4.36. The van der Waals surface area contributed by atoms with E-state index in [2.05, 4.69) is 15.9 Å². The van der Waals surface area contributed by atoms with Gasteiger partial charge in [-0.2, -0.15) is 0 Å². The maximum atomic E-state index is 13.5. The van der Waals surface area contributed by atoms with Gasteiger partial charge in [-0.3, -0.25) is 0 Å². The minimum Gasteiger partial charge on any atom is -0.380 e. The molecule has 0 aromatic heterocycles. The van der Waals surface area contributed by atoms with Crippen LogP contribution in [0.15, 0.2) is 24.3 Å². The maximum Gasteiger partial charge on any atom is 0.126 e. The first-order chi connectivity index (χ1) is 7.81. The van der Waals surface area contributed by atoms with Gasteiger partial charge in [0.25, 0.3) is 0 Å². The summed E-state index contributed by atoms with van der Waals surface area (Å²) in [5.41, 5.74) is 0.746. The molecule has 1 aliphatic carbocycles. The summed E-state index contributed by atoms with van der Waals surface area (Å²) in [5, 5.41) is 0.735. The van der Waals surface area contributed by atoms with Gasteiger partial charge in [-0.25, -0.2) is 4.39 Å². The minimum atomic E-state index is -0.137. The summed E-state index contributed by atoms with van der Waals surface area (Å²) < 4.78 is 19.2. The van der Waals surface area contributed by atoms with Crippen molar-refractivity contribution in [2.24, 2.45) is 5.92 Å². The van der Waals surface area contributed by atoms with Gasteiger partial charge in [0, 0.05) is 17.9 Å². The first kappa shape index (κ1) is 12.1. The molecule has 1 saturated carbocycles. The third-order valence-corrected chi connectivity index (χ3v) is 3.68. The molecular weight excluding hydrogens is 271 g/mol. The Labute approximate surface area is 104 Å². The van der Waals surface area contributed by atoms with Gasteiger partial charge in [0.2, 0.25) is 0 Å². The van der Waals surface area contributed by atoms with Crippen LogP contribution in [-0.4, -0.2) is 18.5 Å². The fourth-order valence-electron chi connectivity index (χ4n) is 1.69. The fraction of sp³-hybridized carbons (Fsp3) is 0.538. The van der Waals surface area contributed by atoms with Gasteiger partial charge in [0.05, 0.1) is 6.61 Å². The average Bonchev–Trinajstić information content (AvgIpc) is 3.10. The van der Waals surface area contributed by atoms with Gasteiger partial charge in [-0.15, -0.1) is 0 Å². The summed E-state index contributed by atoms with van der Waals surface area (Å²) in [6.07, 6.45) is 2.58. The Morgan fingerprint density at radius 1 is 1.38 bits per heavy atom. The third kappa shape index (κ3) is 3.29. The Morgan fingerprint density at radius 2 is 2.12 bits per heavy atom. The van der Waals surface area contributed by atoms with E-state index >= 15 is 0 Å². The van der Waals surface area contributed by atoms with E-state index in [9.17, 15) is 4.39 Å². The molecule has 0 saturated heterocycles. The lowest BCUT2D eigenvalue weighted by atomic mass is 10.0. The molecule has 1 unspecified atom stereocenters. The smallest absolute Gasteiger partial charge is 0.126 e. The van der Waals surface area contributed by atoms with Crippen LogP contribution in [0, 0.1) is 11.7 Å². The molecule has 1 aliphatic rings. The van der Waals surface area contributed by atoms with E-state index in [1.807, 2.05) is 12.1 Å².